The van der Waals surface area contributed by atoms with Gasteiger partial charge in [-0.15, -0.1) is 11.3 Å². The first-order valence-corrected chi connectivity index (χ1v) is 9.83. The summed E-state index contributed by atoms with van der Waals surface area (Å²) in [6.45, 7) is 10.9. The van der Waals surface area contributed by atoms with Crippen LogP contribution in [-0.4, -0.2) is 19.6 Å². The molecule has 0 aliphatic carbocycles. The molecule has 0 saturated carbocycles. The largest absolute Gasteiger partial charge is 0.242 e. The van der Waals surface area contributed by atoms with Gasteiger partial charge in [0, 0.05) is 0 Å². The van der Waals surface area contributed by atoms with Crippen LogP contribution in [0.25, 0.3) is 15.9 Å². The van der Waals surface area contributed by atoms with Gasteiger partial charge >= 0.3 is 0 Å². The van der Waals surface area contributed by atoms with Gasteiger partial charge in [0.2, 0.25) is 0 Å². The predicted octanol–water partition coefficient (Wildman–Crippen LogP) is 5.29. The Bertz CT molecular complexity index is 1080. The standard InChI is InChI=1S/C21H24N4S/c1-13(15-6-7-19-18(9-15)23-14(2)26-19)8-17-12-25-20(24-17)10-16(11-22-25)21(3,4)5/h6-7,9-13H,8H2,1-5H3. The maximum absolute atomic E-state index is 4.81. The Morgan fingerprint density at radius 2 is 1.96 bits per heavy atom. The lowest BCUT2D eigenvalue weighted by atomic mass is 9.89. The SMILES string of the molecule is Cc1nc2cc(C(C)Cc3cn4ncc(C(C)(C)C)cc4n3)ccc2s1. The number of hydrogen-bond acceptors (Lipinski definition) is 4. The summed E-state index contributed by atoms with van der Waals surface area (Å²) in [6.07, 6.45) is 4.88. The van der Waals surface area contributed by atoms with Crippen LogP contribution < -0.4 is 0 Å². The normalized spacial score (nSPS) is 13.6. The summed E-state index contributed by atoms with van der Waals surface area (Å²) in [5, 5.41) is 5.65. The molecular formula is C21H24N4S. The molecule has 0 saturated heterocycles. The Labute approximate surface area is 157 Å². The van der Waals surface area contributed by atoms with Gasteiger partial charge in [0.25, 0.3) is 0 Å². The Kier molecular flexibility index (Phi) is 4.07. The first-order chi connectivity index (χ1) is 12.3. The Morgan fingerprint density at radius 3 is 2.73 bits per heavy atom. The average molecular weight is 365 g/mol. The van der Waals surface area contributed by atoms with Crippen molar-refractivity contribution in [2.45, 2.75) is 52.4 Å². The second kappa shape index (κ2) is 6.16. The maximum atomic E-state index is 4.81. The molecule has 4 rings (SSSR count). The molecule has 0 N–H and O–H groups in total. The second-order valence-electron chi connectivity index (χ2n) is 8.09. The molecule has 4 aromatic rings. The third kappa shape index (κ3) is 3.23. The molecular weight excluding hydrogens is 340 g/mol. The van der Waals surface area contributed by atoms with Crippen molar-refractivity contribution in [1.29, 1.82) is 0 Å². The van der Waals surface area contributed by atoms with E-state index in [1.54, 1.807) is 11.3 Å². The van der Waals surface area contributed by atoms with Crippen molar-refractivity contribution < 1.29 is 0 Å². The van der Waals surface area contributed by atoms with E-state index in [9.17, 15) is 0 Å². The van der Waals surface area contributed by atoms with Crippen LogP contribution in [0.1, 0.15) is 55.4 Å². The van der Waals surface area contributed by atoms with E-state index in [1.165, 1.54) is 15.8 Å². The minimum absolute atomic E-state index is 0.0786. The number of imidazole rings is 1. The minimum atomic E-state index is 0.0786. The van der Waals surface area contributed by atoms with Gasteiger partial charge in [-0.05, 0) is 54.0 Å². The zero-order valence-corrected chi connectivity index (χ0v) is 16.8. The monoisotopic (exact) mass is 364 g/mol. The molecule has 1 atom stereocenters. The van der Waals surface area contributed by atoms with E-state index in [0.717, 1.165) is 28.3 Å². The molecule has 0 bridgehead atoms. The number of thiazole rings is 1. The quantitative estimate of drug-likeness (QED) is 0.496. The van der Waals surface area contributed by atoms with Crippen LogP contribution in [0.2, 0.25) is 0 Å². The summed E-state index contributed by atoms with van der Waals surface area (Å²) in [7, 11) is 0. The van der Waals surface area contributed by atoms with E-state index >= 15 is 0 Å². The lowest BCUT2D eigenvalue weighted by Crippen LogP contribution is -2.12. The maximum Gasteiger partial charge on any atom is 0.154 e. The van der Waals surface area contributed by atoms with Gasteiger partial charge in [-0.1, -0.05) is 33.8 Å². The van der Waals surface area contributed by atoms with Crippen molar-refractivity contribution in [3.05, 3.63) is 58.5 Å². The zero-order valence-electron chi connectivity index (χ0n) is 15.9. The van der Waals surface area contributed by atoms with Gasteiger partial charge in [0.05, 0.1) is 33.3 Å². The number of aryl methyl sites for hydroxylation is 1. The number of benzene rings is 1. The fourth-order valence-corrected chi connectivity index (χ4v) is 4.04. The highest BCUT2D eigenvalue weighted by atomic mass is 32.1. The summed E-state index contributed by atoms with van der Waals surface area (Å²) < 4.78 is 3.13. The first-order valence-electron chi connectivity index (χ1n) is 9.01. The van der Waals surface area contributed by atoms with Crippen LogP contribution in [0, 0.1) is 6.92 Å². The van der Waals surface area contributed by atoms with Crippen LogP contribution in [-0.2, 0) is 11.8 Å². The Balaban J connectivity index is 1.60. The van der Waals surface area contributed by atoms with Crippen molar-refractivity contribution in [2.24, 2.45) is 0 Å². The molecule has 0 amide bonds. The van der Waals surface area contributed by atoms with E-state index in [-0.39, 0.29) is 5.41 Å². The number of fused-ring (bicyclic) bond motifs is 2. The molecule has 1 unspecified atom stereocenters. The molecule has 0 fully saturated rings. The van der Waals surface area contributed by atoms with Crippen LogP contribution >= 0.6 is 11.3 Å². The van der Waals surface area contributed by atoms with E-state index in [4.69, 9.17) is 4.98 Å². The van der Waals surface area contributed by atoms with Crippen molar-refractivity contribution in [2.75, 3.05) is 0 Å². The predicted molar refractivity (Wildman–Crippen MR) is 108 cm³/mol. The van der Waals surface area contributed by atoms with E-state index in [2.05, 4.69) is 69.0 Å². The van der Waals surface area contributed by atoms with Crippen molar-refractivity contribution in [3.63, 3.8) is 0 Å². The number of hydrogen-bond donors (Lipinski definition) is 0. The lowest BCUT2D eigenvalue weighted by molar-refractivity contribution is 0.584. The third-order valence-electron chi connectivity index (χ3n) is 4.84. The van der Waals surface area contributed by atoms with Gasteiger partial charge in [-0.3, -0.25) is 0 Å². The highest BCUT2D eigenvalue weighted by Gasteiger charge is 2.16. The van der Waals surface area contributed by atoms with Gasteiger partial charge in [-0.25, -0.2) is 14.5 Å². The zero-order chi connectivity index (χ0) is 18.5. The molecule has 1 aromatic carbocycles. The molecule has 0 spiro atoms. The Hall–Kier alpha value is -2.27. The summed E-state index contributed by atoms with van der Waals surface area (Å²) in [5.41, 5.74) is 5.69. The molecule has 26 heavy (non-hydrogen) atoms. The number of rotatable bonds is 3. The summed E-state index contributed by atoms with van der Waals surface area (Å²) in [6, 6.07) is 8.77. The van der Waals surface area contributed by atoms with E-state index < -0.39 is 0 Å². The molecule has 4 nitrogen and oxygen atoms in total. The molecule has 0 aliphatic heterocycles. The Morgan fingerprint density at radius 1 is 1.15 bits per heavy atom. The van der Waals surface area contributed by atoms with Crippen molar-refractivity contribution in [3.8, 4) is 0 Å². The van der Waals surface area contributed by atoms with Gasteiger partial charge < -0.3 is 0 Å². The average Bonchev–Trinajstić information content (AvgIpc) is 3.13. The fourth-order valence-electron chi connectivity index (χ4n) is 3.23. The number of aromatic nitrogens is 4. The summed E-state index contributed by atoms with van der Waals surface area (Å²) in [5.74, 6) is 0.383. The van der Waals surface area contributed by atoms with E-state index in [0.29, 0.717) is 5.92 Å². The summed E-state index contributed by atoms with van der Waals surface area (Å²) in [4.78, 5) is 9.43. The molecule has 3 heterocycles. The molecule has 0 aliphatic rings. The fraction of sp³-hybridized carbons (Fsp3) is 0.381. The minimum Gasteiger partial charge on any atom is -0.242 e. The second-order valence-corrected chi connectivity index (χ2v) is 9.33. The topological polar surface area (TPSA) is 43.1 Å². The molecule has 0 radical (unpaired) electrons. The van der Waals surface area contributed by atoms with Crippen LogP contribution in [0.3, 0.4) is 0 Å². The van der Waals surface area contributed by atoms with Gasteiger partial charge in [-0.2, -0.15) is 5.10 Å². The highest BCUT2D eigenvalue weighted by Crippen LogP contribution is 2.28. The van der Waals surface area contributed by atoms with Crippen LogP contribution in [0.15, 0.2) is 36.7 Å². The molecule has 3 aromatic heterocycles. The first kappa shape index (κ1) is 17.2. The lowest BCUT2D eigenvalue weighted by Gasteiger charge is -2.17. The number of nitrogens with zero attached hydrogens (tertiary/aromatic N) is 4. The third-order valence-corrected chi connectivity index (χ3v) is 5.79. The van der Waals surface area contributed by atoms with E-state index in [1.807, 2.05) is 16.9 Å². The van der Waals surface area contributed by atoms with Crippen molar-refractivity contribution >= 4 is 27.2 Å². The van der Waals surface area contributed by atoms with Crippen LogP contribution in [0.4, 0.5) is 0 Å². The molecule has 134 valence electrons. The van der Waals surface area contributed by atoms with Crippen LogP contribution in [0.5, 0.6) is 0 Å². The smallest absolute Gasteiger partial charge is 0.154 e. The highest BCUT2D eigenvalue weighted by molar-refractivity contribution is 7.18. The van der Waals surface area contributed by atoms with Crippen molar-refractivity contribution in [1.82, 2.24) is 19.6 Å². The van der Waals surface area contributed by atoms with Gasteiger partial charge in [0.15, 0.2) is 5.65 Å². The van der Waals surface area contributed by atoms with Gasteiger partial charge in [0.1, 0.15) is 0 Å². The summed E-state index contributed by atoms with van der Waals surface area (Å²) >= 11 is 1.75. The molecule has 5 heteroatoms.